The van der Waals surface area contributed by atoms with E-state index >= 15 is 0 Å². The molecule has 1 fully saturated rings. The largest absolute Gasteiger partial charge is 0.327 e. The predicted octanol–water partition coefficient (Wildman–Crippen LogP) is 5.18. The van der Waals surface area contributed by atoms with E-state index in [2.05, 4.69) is 33.9 Å². The van der Waals surface area contributed by atoms with Gasteiger partial charge >= 0.3 is 0 Å². The molecule has 0 heterocycles. The Kier molecular flexibility index (Phi) is 11.4. The van der Waals surface area contributed by atoms with Crippen molar-refractivity contribution in [3.63, 3.8) is 0 Å². The van der Waals surface area contributed by atoms with Crippen molar-refractivity contribution in [2.75, 3.05) is 0 Å². The van der Waals surface area contributed by atoms with E-state index in [0.29, 0.717) is 6.04 Å². The Morgan fingerprint density at radius 1 is 0.778 bits per heavy atom. The highest BCUT2D eigenvalue weighted by Crippen LogP contribution is 2.31. The smallest absolute Gasteiger partial charge is 0.00672 e. The molecule has 108 valence electrons. The van der Waals surface area contributed by atoms with Crippen LogP contribution in [0.3, 0.4) is 0 Å². The average Bonchev–Trinajstić information content (AvgIpc) is 2.13. The zero-order valence-corrected chi connectivity index (χ0v) is 13.7. The quantitative estimate of drug-likeness (QED) is 0.591. The zero-order chi connectivity index (χ0) is 14.9. The minimum absolute atomic E-state index is 0.464. The summed E-state index contributed by atoms with van der Waals surface area (Å²) in [5.74, 6) is 2.46. The summed E-state index contributed by atoms with van der Waals surface area (Å²) in [5.41, 5.74) is 8.26. The molecule has 2 N–H and O–H groups in total. The van der Waals surface area contributed by atoms with Crippen molar-refractivity contribution < 1.29 is 0 Å². The van der Waals surface area contributed by atoms with E-state index in [1.165, 1.54) is 24.0 Å². The third-order valence-corrected chi connectivity index (χ3v) is 3.09. The van der Waals surface area contributed by atoms with Crippen LogP contribution in [0, 0.1) is 17.8 Å². The first kappa shape index (κ1) is 19.8. The summed E-state index contributed by atoms with van der Waals surface area (Å²) in [5, 5.41) is 0. The molecule has 1 heteroatoms. The Morgan fingerprint density at radius 3 is 1.33 bits per heavy atom. The van der Waals surface area contributed by atoms with Crippen LogP contribution in [0.25, 0.3) is 0 Å². The minimum atomic E-state index is 0.464. The Labute approximate surface area is 116 Å². The monoisotopic (exact) mass is 253 g/mol. The van der Waals surface area contributed by atoms with E-state index in [1.54, 1.807) is 0 Å². The van der Waals surface area contributed by atoms with Crippen molar-refractivity contribution >= 4 is 0 Å². The predicted molar refractivity (Wildman–Crippen MR) is 85.7 cm³/mol. The number of hydrogen-bond donors (Lipinski definition) is 1. The summed E-state index contributed by atoms with van der Waals surface area (Å²) in [4.78, 5) is 0. The molecule has 0 bridgehead atoms. The fourth-order valence-electron chi connectivity index (χ4n) is 1.89. The normalized spacial score (nSPS) is 30.2. The second kappa shape index (κ2) is 10.4. The third-order valence-electron chi connectivity index (χ3n) is 3.09. The lowest BCUT2D eigenvalue weighted by molar-refractivity contribution is 0.192. The Balaban J connectivity index is 0. The Hall–Kier alpha value is -0.560. The first-order valence-corrected chi connectivity index (χ1v) is 7.07. The fourth-order valence-corrected chi connectivity index (χ4v) is 1.89. The molecule has 0 aromatic heterocycles. The van der Waals surface area contributed by atoms with Gasteiger partial charge in [0.05, 0.1) is 0 Å². The minimum Gasteiger partial charge on any atom is -0.327 e. The lowest BCUT2D eigenvalue weighted by Crippen LogP contribution is -2.37. The summed E-state index contributed by atoms with van der Waals surface area (Å²) in [6.07, 6.45) is 2.55. The highest BCUT2D eigenvalue weighted by Gasteiger charge is 2.27. The van der Waals surface area contributed by atoms with Gasteiger partial charge < -0.3 is 5.73 Å². The molecular formula is C17H35N. The molecular weight excluding hydrogens is 218 g/mol. The van der Waals surface area contributed by atoms with Crippen LogP contribution in [0.1, 0.15) is 61.3 Å². The molecule has 4 unspecified atom stereocenters. The van der Waals surface area contributed by atoms with Gasteiger partial charge in [0.1, 0.15) is 0 Å². The van der Waals surface area contributed by atoms with E-state index in [0.717, 1.165) is 17.8 Å². The van der Waals surface area contributed by atoms with Gasteiger partial charge in [0.2, 0.25) is 0 Å². The summed E-state index contributed by atoms with van der Waals surface area (Å²) >= 11 is 0. The van der Waals surface area contributed by atoms with E-state index in [9.17, 15) is 0 Å². The highest BCUT2D eigenvalue weighted by atomic mass is 14.7. The van der Waals surface area contributed by atoms with Gasteiger partial charge in [-0.3, -0.25) is 0 Å². The maximum Gasteiger partial charge on any atom is 0.00672 e. The number of nitrogens with two attached hydrogens (primary N) is 1. The maximum absolute atomic E-state index is 5.93. The molecule has 1 aliphatic carbocycles. The SMILES string of the molecule is C=C(C)C.C=C(C)C.CC1CC(C)C(N)CC1C. The highest BCUT2D eigenvalue weighted by molar-refractivity contribution is 4.82. The van der Waals surface area contributed by atoms with Crippen molar-refractivity contribution in [2.24, 2.45) is 23.5 Å². The number of allylic oxidation sites excluding steroid dienone is 2. The van der Waals surface area contributed by atoms with Crippen LogP contribution < -0.4 is 5.73 Å². The van der Waals surface area contributed by atoms with Gasteiger partial charge in [-0.1, -0.05) is 31.9 Å². The molecule has 0 spiro atoms. The van der Waals surface area contributed by atoms with Crippen LogP contribution in [0.15, 0.2) is 24.3 Å². The maximum atomic E-state index is 5.93. The van der Waals surface area contributed by atoms with Gasteiger partial charge in [0.25, 0.3) is 0 Å². The second-order valence-electron chi connectivity index (χ2n) is 6.48. The van der Waals surface area contributed by atoms with Gasteiger partial charge in [-0.15, -0.1) is 13.2 Å². The van der Waals surface area contributed by atoms with Gasteiger partial charge in [-0.25, -0.2) is 0 Å². The molecule has 0 aromatic rings. The van der Waals surface area contributed by atoms with Gasteiger partial charge in [0.15, 0.2) is 0 Å². The molecule has 1 aliphatic rings. The van der Waals surface area contributed by atoms with Gasteiger partial charge in [-0.05, 0) is 58.3 Å². The first-order chi connectivity index (χ1) is 8.07. The van der Waals surface area contributed by atoms with Gasteiger partial charge in [0, 0.05) is 6.04 Å². The van der Waals surface area contributed by atoms with Crippen LogP contribution in [0.5, 0.6) is 0 Å². The van der Waals surface area contributed by atoms with Crippen molar-refractivity contribution in [1.82, 2.24) is 0 Å². The molecule has 0 radical (unpaired) electrons. The second-order valence-corrected chi connectivity index (χ2v) is 6.48. The molecule has 1 rings (SSSR count). The van der Waals surface area contributed by atoms with Crippen LogP contribution in [0.2, 0.25) is 0 Å². The standard InChI is InChI=1S/C9H19N.2C4H8/c1-6-4-8(3)9(10)5-7(6)2;2*1-4(2)3/h6-9H,4-5,10H2,1-3H3;2*1H2,2-3H3. The molecule has 1 nitrogen and oxygen atoms in total. The first-order valence-electron chi connectivity index (χ1n) is 7.07. The van der Waals surface area contributed by atoms with Crippen LogP contribution in [0.4, 0.5) is 0 Å². The molecule has 4 atom stereocenters. The lowest BCUT2D eigenvalue weighted by Gasteiger charge is -2.34. The van der Waals surface area contributed by atoms with E-state index in [-0.39, 0.29) is 0 Å². The number of hydrogen-bond acceptors (Lipinski definition) is 1. The van der Waals surface area contributed by atoms with Crippen LogP contribution in [-0.2, 0) is 0 Å². The topological polar surface area (TPSA) is 26.0 Å². The average molecular weight is 253 g/mol. The summed E-state index contributed by atoms with van der Waals surface area (Å²) in [6, 6.07) is 0.464. The molecule has 0 amide bonds. The van der Waals surface area contributed by atoms with Crippen LogP contribution >= 0.6 is 0 Å². The number of rotatable bonds is 0. The molecule has 18 heavy (non-hydrogen) atoms. The van der Waals surface area contributed by atoms with E-state index in [4.69, 9.17) is 5.73 Å². The summed E-state index contributed by atoms with van der Waals surface area (Å²) < 4.78 is 0. The lowest BCUT2D eigenvalue weighted by atomic mass is 9.74. The molecule has 0 saturated heterocycles. The Bertz CT molecular complexity index is 196. The van der Waals surface area contributed by atoms with E-state index in [1.807, 2.05) is 27.7 Å². The van der Waals surface area contributed by atoms with Crippen molar-refractivity contribution in [3.05, 3.63) is 24.3 Å². The van der Waals surface area contributed by atoms with Crippen molar-refractivity contribution in [1.29, 1.82) is 0 Å². The van der Waals surface area contributed by atoms with Crippen molar-refractivity contribution in [3.8, 4) is 0 Å². The fraction of sp³-hybridized carbons (Fsp3) is 0.765. The third kappa shape index (κ3) is 13.5. The summed E-state index contributed by atoms with van der Waals surface area (Å²) in [7, 11) is 0. The summed E-state index contributed by atoms with van der Waals surface area (Å²) in [6.45, 7) is 21.9. The zero-order valence-electron chi connectivity index (χ0n) is 13.7. The molecule has 0 aliphatic heterocycles. The van der Waals surface area contributed by atoms with Crippen LogP contribution in [-0.4, -0.2) is 6.04 Å². The molecule has 1 saturated carbocycles. The van der Waals surface area contributed by atoms with Crippen molar-refractivity contribution in [2.45, 2.75) is 67.3 Å². The Morgan fingerprint density at radius 2 is 1.06 bits per heavy atom. The molecule has 0 aromatic carbocycles. The van der Waals surface area contributed by atoms with Gasteiger partial charge in [-0.2, -0.15) is 0 Å². The van der Waals surface area contributed by atoms with E-state index < -0.39 is 0 Å².